The average molecular weight is 247 g/mol. The maximum Gasteiger partial charge on any atom is 0.312 e. The van der Waals surface area contributed by atoms with Crippen molar-refractivity contribution in [1.29, 1.82) is 5.26 Å². The molecule has 0 spiro atoms. The van der Waals surface area contributed by atoms with Crippen molar-refractivity contribution in [3.8, 4) is 11.8 Å². The van der Waals surface area contributed by atoms with Gasteiger partial charge in [0, 0.05) is 11.6 Å². The third-order valence-corrected chi connectivity index (χ3v) is 2.30. The summed E-state index contributed by atoms with van der Waals surface area (Å²) in [6.45, 7) is 0.761. The number of nitrogens with zero attached hydrogens (tertiary/aromatic N) is 2. The number of nitrogens with one attached hydrogen (secondary N) is 1. The zero-order valence-corrected chi connectivity index (χ0v) is 9.88. The number of hydrogen-bond acceptors (Lipinski definition) is 5. The maximum atomic E-state index is 10.7. The van der Waals surface area contributed by atoms with Crippen molar-refractivity contribution in [2.75, 3.05) is 13.6 Å². The number of phenols is 1. The van der Waals surface area contributed by atoms with Crippen LogP contribution in [0.1, 0.15) is 17.5 Å². The lowest BCUT2D eigenvalue weighted by molar-refractivity contribution is -0.385. The molecule has 0 aliphatic rings. The van der Waals surface area contributed by atoms with Crippen molar-refractivity contribution in [2.45, 2.75) is 6.42 Å². The molecule has 0 aliphatic carbocycles. The lowest BCUT2D eigenvalue weighted by Gasteiger charge is -2.01. The van der Waals surface area contributed by atoms with Crippen LogP contribution in [0.4, 0.5) is 5.69 Å². The zero-order chi connectivity index (χ0) is 13.5. The summed E-state index contributed by atoms with van der Waals surface area (Å²) >= 11 is 0. The van der Waals surface area contributed by atoms with Crippen LogP contribution in [0, 0.1) is 21.4 Å². The Kier molecular flexibility index (Phi) is 4.84. The summed E-state index contributed by atoms with van der Waals surface area (Å²) in [7, 11) is 1.81. The van der Waals surface area contributed by atoms with Crippen LogP contribution >= 0.6 is 0 Å². The molecule has 0 unspecified atom stereocenters. The highest BCUT2D eigenvalue weighted by Crippen LogP contribution is 2.32. The number of nitriles is 1. The van der Waals surface area contributed by atoms with E-state index in [-0.39, 0.29) is 11.1 Å². The first-order valence-corrected chi connectivity index (χ1v) is 5.32. The number of aromatic hydroxyl groups is 1. The van der Waals surface area contributed by atoms with Gasteiger partial charge in [0.2, 0.25) is 5.75 Å². The second-order valence-corrected chi connectivity index (χ2v) is 3.60. The van der Waals surface area contributed by atoms with Gasteiger partial charge in [-0.3, -0.25) is 10.1 Å². The number of rotatable bonds is 5. The van der Waals surface area contributed by atoms with E-state index in [9.17, 15) is 15.2 Å². The van der Waals surface area contributed by atoms with Gasteiger partial charge < -0.3 is 10.4 Å². The number of benzene rings is 1. The van der Waals surface area contributed by atoms with E-state index in [4.69, 9.17) is 5.26 Å². The van der Waals surface area contributed by atoms with Crippen LogP contribution in [0.5, 0.6) is 5.75 Å². The lowest BCUT2D eigenvalue weighted by atomic mass is 10.1. The molecule has 6 heteroatoms. The van der Waals surface area contributed by atoms with Gasteiger partial charge in [-0.15, -0.1) is 0 Å². The lowest BCUT2D eigenvalue weighted by Crippen LogP contribution is -2.05. The monoisotopic (exact) mass is 247 g/mol. The summed E-state index contributed by atoms with van der Waals surface area (Å²) in [5, 5.41) is 32.2. The van der Waals surface area contributed by atoms with Crippen LogP contribution < -0.4 is 5.32 Å². The fraction of sp³-hybridized carbons (Fsp3) is 0.250. The second-order valence-electron chi connectivity index (χ2n) is 3.60. The normalized spacial score (nSPS) is 10.4. The summed E-state index contributed by atoms with van der Waals surface area (Å²) in [5.41, 5.74) is -0.0352. The molecule has 0 saturated carbocycles. The third-order valence-electron chi connectivity index (χ3n) is 2.30. The quantitative estimate of drug-likeness (QED) is 0.469. The minimum Gasteiger partial charge on any atom is -0.502 e. The first-order chi connectivity index (χ1) is 8.60. The highest BCUT2D eigenvalue weighted by atomic mass is 16.6. The maximum absolute atomic E-state index is 10.7. The van der Waals surface area contributed by atoms with Crippen molar-refractivity contribution < 1.29 is 10.0 Å². The van der Waals surface area contributed by atoms with Gasteiger partial charge in [-0.25, -0.2) is 0 Å². The molecule has 0 amide bonds. The first-order valence-electron chi connectivity index (χ1n) is 5.32. The van der Waals surface area contributed by atoms with Gasteiger partial charge in [0.15, 0.2) is 0 Å². The Labute approximate surface area is 104 Å². The Hall–Kier alpha value is -2.39. The van der Waals surface area contributed by atoms with E-state index in [0.29, 0.717) is 0 Å². The first kappa shape index (κ1) is 13.7. The van der Waals surface area contributed by atoms with Gasteiger partial charge in [0.25, 0.3) is 0 Å². The molecule has 0 heterocycles. The Bertz CT molecular complexity index is 518. The molecule has 0 aromatic heterocycles. The van der Waals surface area contributed by atoms with Gasteiger partial charge in [-0.1, -0.05) is 12.2 Å². The van der Waals surface area contributed by atoms with Crippen molar-refractivity contribution in [3.05, 3.63) is 39.4 Å². The van der Waals surface area contributed by atoms with Crippen LogP contribution in [0.15, 0.2) is 18.2 Å². The van der Waals surface area contributed by atoms with Gasteiger partial charge in [-0.2, -0.15) is 5.26 Å². The third kappa shape index (κ3) is 3.30. The summed E-state index contributed by atoms with van der Waals surface area (Å²) in [5.74, 6) is -0.417. The van der Waals surface area contributed by atoms with Crippen molar-refractivity contribution in [3.63, 3.8) is 0 Å². The van der Waals surface area contributed by atoms with Crippen molar-refractivity contribution >= 4 is 11.8 Å². The van der Waals surface area contributed by atoms with E-state index in [0.717, 1.165) is 19.0 Å². The van der Waals surface area contributed by atoms with E-state index >= 15 is 0 Å². The Morgan fingerprint density at radius 3 is 2.89 bits per heavy atom. The highest BCUT2D eigenvalue weighted by Gasteiger charge is 2.17. The molecule has 94 valence electrons. The predicted molar refractivity (Wildman–Crippen MR) is 67.1 cm³/mol. The fourth-order valence-electron chi connectivity index (χ4n) is 1.41. The van der Waals surface area contributed by atoms with E-state index < -0.39 is 16.4 Å². The number of nitro benzene ring substituents is 1. The largest absolute Gasteiger partial charge is 0.502 e. The van der Waals surface area contributed by atoms with E-state index in [2.05, 4.69) is 5.32 Å². The van der Waals surface area contributed by atoms with E-state index in [1.165, 1.54) is 6.07 Å². The zero-order valence-electron chi connectivity index (χ0n) is 9.88. The van der Waals surface area contributed by atoms with Crippen molar-refractivity contribution in [2.24, 2.45) is 0 Å². The molecule has 0 fully saturated rings. The molecule has 6 nitrogen and oxygen atoms in total. The van der Waals surface area contributed by atoms with Gasteiger partial charge in [0.1, 0.15) is 0 Å². The molecule has 1 rings (SSSR count). The highest BCUT2D eigenvalue weighted by molar-refractivity contribution is 5.67. The van der Waals surface area contributed by atoms with Gasteiger partial charge in [-0.05, 0) is 26.1 Å². The number of nitro groups is 1. The Balaban J connectivity index is 3.11. The standard InChI is InChI=1S/C12H13N3O3/c1-14-5-3-2-4-10-6-9(8-13)7-11(12(10)16)15(17)18/h2,4,6-7,14,16H,3,5H2,1H3. The Morgan fingerprint density at radius 2 is 2.33 bits per heavy atom. The van der Waals surface area contributed by atoms with Crippen LogP contribution in [0.3, 0.4) is 0 Å². The van der Waals surface area contributed by atoms with Gasteiger partial charge >= 0.3 is 5.69 Å². The van der Waals surface area contributed by atoms with Gasteiger partial charge in [0.05, 0.1) is 16.6 Å². The van der Waals surface area contributed by atoms with Crippen molar-refractivity contribution in [1.82, 2.24) is 5.32 Å². The second kappa shape index (κ2) is 6.37. The average Bonchev–Trinajstić information content (AvgIpc) is 2.36. The molecular weight excluding hydrogens is 234 g/mol. The van der Waals surface area contributed by atoms with Crippen LogP contribution in [-0.4, -0.2) is 23.6 Å². The van der Waals surface area contributed by atoms with E-state index in [1.54, 1.807) is 12.2 Å². The number of hydrogen-bond donors (Lipinski definition) is 2. The molecule has 1 aromatic rings. The topological polar surface area (TPSA) is 99.2 Å². The molecular formula is C12H13N3O3. The van der Waals surface area contributed by atoms with Crippen LogP contribution in [0.2, 0.25) is 0 Å². The van der Waals surface area contributed by atoms with Crippen LogP contribution in [-0.2, 0) is 0 Å². The number of phenolic OH excluding ortho intramolecular Hbond substituents is 1. The molecule has 0 atom stereocenters. The fourth-order valence-corrected chi connectivity index (χ4v) is 1.41. The SMILES string of the molecule is CNCCC=Cc1cc(C#N)cc([N+](=O)[O-])c1O. The minimum atomic E-state index is -0.707. The molecule has 1 aromatic carbocycles. The molecule has 0 saturated heterocycles. The summed E-state index contributed by atoms with van der Waals surface area (Å²) in [6, 6.07) is 4.30. The predicted octanol–water partition coefficient (Wildman–Crippen LogP) is 1.79. The molecule has 2 N–H and O–H groups in total. The molecule has 0 aliphatic heterocycles. The van der Waals surface area contributed by atoms with Crippen LogP contribution in [0.25, 0.3) is 6.08 Å². The molecule has 0 bridgehead atoms. The minimum absolute atomic E-state index is 0.146. The Morgan fingerprint density at radius 1 is 1.61 bits per heavy atom. The smallest absolute Gasteiger partial charge is 0.312 e. The molecule has 18 heavy (non-hydrogen) atoms. The summed E-state index contributed by atoms with van der Waals surface area (Å²) in [6.07, 6.45) is 4.07. The summed E-state index contributed by atoms with van der Waals surface area (Å²) < 4.78 is 0. The summed E-state index contributed by atoms with van der Waals surface area (Å²) in [4.78, 5) is 10.0. The molecule has 0 radical (unpaired) electrons. The van der Waals surface area contributed by atoms with E-state index in [1.807, 2.05) is 13.1 Å².